The van der Waals surface area contributed by atoms with Crippen molar-refractivity contribution in [3.05, 3.63) is 35.9 Å². The predicted molar refractivity (Wildman–Crippen MR) is 111 cm³/mol. The molecule has 2 aliphatic rings. The molecule has 0 aliphatic carbocycles. The number of piperidine rings is 1. The Morgan fingerprint density at radius 1 is 1.17 bits per heavy atom. The van der Waals surface area contributed by atoms with Gasteiger partial charge in [0.05, 0.1) is 23.7 Å². The third kappa shape index (κ3) is 4.59. The van der Waals surface area contributed by atoms with Gasteiger partial charge in [0.15, 0.2) is 0 Å². The molecule has 1 aromatic carbocycles. The van der Waals surface area contributed by atoms with Crippen molar-refractivity contribution in [3.8, 4) is 0 Å². The zero-order chi connectivity index (χ0) is 20.2. The van der Waals surface area contributed by atoms with Crippen LogP contribution in [0.25, 0.3) is 10.9 Å². The Morgan fingerprint density at radius 3 is 2.79 bits per heavy atom. The largest absolute Gasteiger partial charge is 0.366 e. The highest BCUT2D eigenvalue weighted by Crippen LogP contribution is 2.20. The van der Waals surface area contributed by atoms with Gasteiger partial charge in [-0.2, -0.15) is 5.10 Å². The minimum atomic E-state index is -0.502. The topological polar surface area (TPSA) is 107 Å². The number of fused-ring (bicyclic) bond motifs is 1. The van der Waals surface area contributed by atoms with E-state index >= 15 is 0 Å². The van der Waals surface area contributed by atoms with Crippen LogP contribution in [0.15, 0.2) is 18.3 Å². The fourth-order valence-electron chi connectivity index (χ4n) is 4.46. The van der Waals surface area contributed by atoms with E-state index in [0.717, 1.165) is 56.6 Å². The molecule has 2 fully saturated rings. The molecule has 1 radical (unpaired) electrons. The molecule has 8 heteroatoms. The minimum Gasteiger partial charge on any atom is -0.366 e. The molecule has 2 saturated heterocycles. The first-order chi connectivity index (χ1) is 14.1. The number of carbonyl (C=O) groups is 2. The van der Waals surface area contributed by atoms with Gasteiger partial charge in [0.1, 0.15) is 0 Å². The number of aromatic nitrogens is 2. The van der Waals surface area contributed by atoms with Gasteiger partial charge in [-0.1, -0.05) is 0 Å². The second-order valence-corrected chi connectivity index (χ2v) is 7.95. The number of hydrogen-bond donors (Lipinski definition) is 3. The average molecular weight is 398 g/mol. The molecule has 3 heterocycles. The van der Waals surface area contributed by atoms with Crippen molar-refractivity contribution in [2.45, 2.75) is 31.7 Å². The smallest absolute Gasteiger partial charge is 0.250 e. The van der Waals surface area contributed by atoms with E-state index in [1.165, 1.54) is 12.8 Å². The average Bonchev–Trinajstić information content (AvgIpc) is 3.07. The highest BCUT2D eigenvalue weighted by atomic mass is 16.2. The van der Waals surface area contributed by atoms with Gasteiger partial charge in [-0.15, -0.1) is 0 Å². The number of primary amides is 1. The van der Waals surface area contributed by atoms with Crippen LogP contribution in [0.1, 0.15) is 35.2 Å². The second-order valence-electron chi connectivity index (χ2n) is 7.95. The molecule has 1 aromatic heterocycles. The van der Waals surface area contributed by atoms with Crippen molar-refractivity contribution in [1.29, 1.82) is 0 Å². The van der Waals surface area contributed by atoms with Gasteiger partial charge < -0.3 is 16.0 Å². The summed E-state index contributed by atoms with van der Waals surface area (Å²) in [6, 6.07) is 4.33. The lowest BCUT2D eigenvalue weighted by atomic mass is 10.0. The lowest BCUT2D eigenvalue weighted by Gasteiger charge is -2.33. The van der Waals surface area contributed by atoms with Gasteiger partial charge in [0.2, 0.25) is 5.91 Å². The van der Waals surface area contributed by atoms with E-state index < -0.39 is 5.91 Å². The van der Waals surface area contributed by atoms with Gasteiger partial charge in [-0.3, -0.25) is 19.6 Å². The van der Waals surface area contributed by atoms with Crippen molar-refractivity contribution in [1.82, 2.24) is 25.3 Å². The number of H-pyrrole nitrogens is 1. The Labute approximate surface area is 170 Å². The Hall–Kier alpha value is -2.45. The molecule has 8 nitrogen and oxygen atoms in total. The highest BCUT2D eigenvalue weighted by molar-refractivity contribution is 6.05. The summed E-state index contributed by atoms with van der Waals surface area (Å²) < 4.78 is 0. The Kier molecular flexibility index (Phi) is 6.10. The Morgan fingerprint density at radius 2 is 2.00 bits per heavy atom. The number of rotatable bonds is 5. The minimum absolute atomic E-state index is 0.0603. The first kappa shape index (κ1) is 19.8. The van der Waals surface area contributed by atoms with E-state index in [1.54, 1.807) is 18.7 Å². The molecule has 2 aromatic rings. The molecule has 0 bridgehead atoms. The standard InChI is InChI=1S/C21H29N6O2/c22-21(29)18-13-15(12-16-14-24-25-20(16)18)2-3-19(28)27-9-1-8-26(10-11-27)17-4-6-23-7-5-17/h3,12-14,17,23H,1-2,4-11H2,(H2,22,29)(H,24,25). The van der Waals surface area contributed by atoms with Crippen LogP contribution in [-0.2, 0) is 11.2 Å². The molecular formula is C21H29N6O2. The third-order valence-electron chi connectivity index (χ3n) is 6.05. The van der Waals surface area contributed by atoms with Crippen LogP contribution in [0.5, 0.6) is 0 Å². The maximum Gasteiger partial charge on any atom is 0.250 e. The second kappa shape index (κ2) is 8.92. The van der Waals surface area contributed by atoms with Crippen LogP contribution >= 0.6 is 0 Å². The molecule has 155 valence electrons. The van der Waals surface area contributed by atoms with E-state index in [9.17, 15) is 9.59 Å². The Bertz CT molecular complexity index is 873. The summed E-state index contributed by atoms with van der Waals surface area (Å²) in [5.41, 5.74) is 7.42. The van der Waals surface area contributed by atoms with Crippen molar-refractivity contribution in [2.75, 3.05) is 39.3 Å². The molecule has 4 rings (SSSR count). The van der Waals surface area contributed by atoms with E-state index in [1.807, 2.05) is 11.0 Å². The highest BCUT2D eigenvalue weighted by Gasteiger charge is 2.25. The molecule has 0 spiro atoms. The number of amides is 2. The molecule has 0 unspecified atom stereocenters. The quantitative estimate of drug-likeness (QED) is 0.688. The molecule has 0 atom stereocenters. The first-order valence-electron chi connectivity index (χ1n) is 10.4. The van der Waals surface area contributed by atoms with Crippen molar-refractivity contribution in [2.24, 2.45) is 5.73 Å². The Balaban J connectivity index is 1.35. The summed E-state index contributed by atoms with van der Waals surface area (Å²) in [5.74, 6) is -0.442. The summed E-state index contributed by atoms with van der Waals surface area (Å²) >= 11 is 0. The van der Waals surface area contributed by atoms with Crippen LogP contribution in [0.3, 0.4) is 0 Å². The summed E-state index contributed by atoms with van der Waals surface area (Å²) in [4.78, 5) is 29.0. The van der Waals surface area contributed by atoms with Crippen LogP contribution < -0.4 is 11.1 Å². The molecule has 2 amide bonds. The van der Waals surface area contributed by atoms with Crippen molar-refractivity contribution >= 4 is 22.7 Å². The maximum atomic E-state index is 12.8. The summed E-state index contributed by atoms with van der Waals surface area (Å²) in [6.07, 6.45) is 7.24. The number of nitrogens with two attached hydrogens (primary N) is 1. The van der Waals surface area contributed by atoms with E-state index in [4.69, 9.17) is 5.73 Å². The van der Waals surface area contributed by atoms with Crippen molar-refractivity contribution in [3.63, 3.8) is 0 Å². The van der Waals surface area contributed by atoms with Gasteiger partial charge in [-0.05, 0) is 56.5 Å². The SMILES string of the molecule is NC(=O)c1cc(C[CH]C(=O)N2CCCN(C3CCNCC3)CC2)cc2cn[nH]c12. The fraction of sp³-hybridized carbons (Fsp3) is 0.524. The molecular weight excluding hydrogens is 368 g/mol. The lowest BCUT2D eigenvalue weighted by molar-refractivity contribution is -0.127. The fourth-order valence-corrected chi connectivity index (χ4v) is 4.46. The number of benzene rings is 1. The van der Waals surface area contributed by atoms with Gasteiger partial charge >= 0.3 is 0 Å². The van der Waals surface area contributed by atoms with Gasteiger partial charge in [0, 0.05) is 37.6 Å². The zero-order valence-corrected chi connectivity index (χ0v) is 16.7. The number of aromatic amines is 1. The van der Waals surface area contributed by atoms with Gasteiger partial charge in [-0.25, -0.2) is 0 Å². The molecule has 29 heavy (non-hydrogen) atoms. The molecule has 2 aliphatic heterocycles. The molecule has 4 N–H and O–H groups in total. The number of carbonyl (C=O) groups excluding carboxylic acids is 2. The van der Waals surface area contributed by atoms with E-state index in [0.29, 0.717) is 23.5 Å². The van der Waals surface area contributed by atoms with E-state index in [2.05, 4.69) is 20.4 Å². The summed E-state index contributed by atoms with van der Waals surface area (Å²) in [7, 11) is 0. The van der Waals surface area contributed by atoms with Gasteiger partial charge in [0.25, 0.3) is 5.91 Å². The first-order valence-corrected chi connectivity index (χ1v) is 10.4. The maximum absolute atomic E-state index is 12.8. The van der Waals surface area contributed by atoms with Crippen LogP contribution in [0.2, 0.25) is 0 Å². The molecule has 0 saturated carbocycles. The van der Waals surface area contributed by atoms with E-state index in [-0.39, 0.29) is 5.91 Å². The van der Waals surface area contributed by atoms with Crippen LogP contribution in [-0.4, -0.2) is 77.1 Å². The number of hydrogen-bond acceptors (Lipinski definition) is 5. The normalized spacial score (nSPS) is 19.4. The number of nitrogens with zero attached hydrogens (tertiary/aromatic N) is 3. The zero-order valence-electron chi connectivity index (χ0n) is 16.7. The third-order valence-corrected chi connectivity index (χ3v) is 6.05. The lowest BCUT2D eigenvalue weighted by Crippen LogP contribution is -2.45. The van der Waals surface area contributed by atoms with Crippen molar-refractivity contribution < 1.29 is 9.59 Å². The number of nitrogens with one attached hydrogen (secondary N) is 2. The van der Waals surface area contributed by atoms with Crippen LogP contribution in [0.4, 0.5) is 0 Å². The predicted octanol–water partition coefficient (Wildman–Crippen LogP) is 0.695. The van der Waals surface area contributed by atoms with Crippen LogP contribution in [0, 0.1) is 6.42 Å². The monoisotopic (exact) mass is 397 g/mol. The summed E-state index contributed by atoms with van der Waals surface area (Å²) in [6.45, 7) is 5.75. The summed E-state index contributed by atoms with van der Waals surface area (Å²) in [5, 5.41) is 11.0.